The van der Waals surface area contributed by atoms with Crippen LogP contribution in [0.15, 0.2) is 6.07 Å². The van der Waals surface area contributed by atoms with Crippen LogP contribution in [-0.4, -0.2) is 63.1 Å². The van der Waals surface area contributed by atoms with E-state index in [1.807, 2.05) is 11.6 Å². The molecule has 9 heteroatoms. The van der Waals surface area contributed by atoms with Gasteiger partial charge in [0, 0.05) is 51.5 Å². The number of ether oxygens (including phenoxy) is 1. The summed E-state index contributed by atoms with van der Waals surface area (Å²) in [6.45, 7) is 8.79. The van der Waals surface area contributed by atoms with Gasteiger partial charge in [0.05, 0.1) is 18.8 Å². The Morgan fingerprint density at radius 2 is 2.07 bits per heavy atom. The minimum atomic E-state index is -0.225. The van der Waals surface area contributed by atoms with Crippen molar-refractivity contribution < 1.29 is 14.3 Å². The van der Waals surface area contributed by atoms with Crippen LogP contribution in [-0.2, 0) is 31.3 Å². The fraction of sp³-hybridized carbons (Fsp3) is 0.619. The SMILES string of the molecule is COCCNC(=O)c1nn(CCC(C)C)c2c1CN(C(=O)c1cc(C)nn1C)CC2. The largest absolute Gasteiger partial charge is 0.383 e. The molecule has 2 amide bonds. The molecule has 1 aliphatic heterocycles. The van der Waals surface area contributed by atoms with E-state index in [4.69, 9.17) is 4.74 Å². The molecule has 0 aromatic carbocycles. The van der Waals surface area contributed by atoms with Gasteiger partial charge in [0.15, 0.2) is 5.69 Å². The van der Waals surface area contributed by atoms with Gasteiger partial charge in [0.25, 0.3) is 11.8 Å². The van der Waals surface area contributed by atoms with Gasteiger partial charge in [-0.2, -0.15) is 10.2 Å². The topological polar surface area (TPSA) is 94.3 Å². The minimum Gasteiger partial charge on any atom is -0.383 e. The van der Waals surface area contributed by atoms with Crippen LogP contribution in [0.1, 0.15) is 58.2 Å². The summed E-state index contributed by atoms with van der Waals surface area (Å²) in [6, 6.07) is 1.79. The predicted molar refractivity (Wildman–Crippen MR) is 112 cm³/mol. The first kappa shape index (κ1) is 22.0. The number of nitrogens with zero attached hydrogens (tertiary/aromatic N) is 5. The molecule has 2 aromatic heterocycles. The predicted octanol–water partition coefficient (Wildman–Crippen LogP) is 1.55. The maximum Gasteiger partial charge on any atom is 0.272 e. The standard InChI is InChI=1S/C21H32N6O3/c1-14(2)6-10-27-17-7-9-26(21(29)18-12-15(3)23-25(18)4)13-16(17)19(24-27)20(28)22-8-11-30-5/h12,14H,6-11,13H2,1-5H3,(H,22,28). The van der Waals surface area contributed by atoms with Gasteiger partial charge < -0.3 is 15.0 Å². The lowest BCUT2D eigenvalue weighted by Gasteiger charge is -2.28. The summed E-state index contributed by atoms with van der Waals surface area (Å²) in [6.07, 6.45) is 1.66. The number of hydrogen-bond donors (Lipinski definition) is 1. The maximum atomic E-state index is 13.1. The van der Waals surface area contributed by atoms with E-state index in [1.165, 1.54) is 0 Å². The second-order valence-corrected chi connectivity index (χ2v) is 8.20. The molecule has 0 fully saturated rings. The van der Waals surface area contributed by atoms with Crippen LogP contribution in [0.5, 0.6) is 0 Å². The molecule has 0 unspecified atom stereocenters. The number of fused-ring (bicyclic) bond motifs is 1. The van der Waals surface area contributed by atoms with Crippen LogP contribution >= 0.6 is 0 Å². The zero-order valence-corrected chi connectivity index (χ0v) is 18.6. The first-order chi connectivity index (χ1) is 14.3. The third kappa shape index (κ3) is 4.72. The minimum absolute atomic E-state index is 0.0792. The molecule has 3 rings (SSSR count). The Balaban J connectivity index is 1.86. The molecule has 30 heavy (non-hydrogen) atoms. The number of nitrogens with one attached hydrogen (secondary N) is 1. The second-order valence-electron chi connectivity index (χ2n) is 8.20. The zero-order valence-electron chi connectivity index (χ0n) is 18.6. The Hall–Kier alpha value is -2.68. The molecule has 0 saturated carbocycles. The molecule has 0 bridgehead atoms. The Labute approximate surface area is 177 Å². The number of amides is 2. The number of aromatic nitrogens is 4. The lowest BCUT2D eigenvalue weighted by atomic mass is 10.0. The number of carbonyl (C=O) groups excluding carboxylic acids is 2. The summed E-state index contributed by atoms with van der Waals surface area (Å²) in [7, 11) is 3.37. The van der Waals surface area contributed by atoms with Gasteiger partial charge in [-0.3, -0.25) is 19.0 Å². The van der Waals surface area contributed by atoms with Gasteiger partial charge in [0.1, 0.15) is 5.69 Å². The quantitative estimate of drug-likeness (QED) is 0.659. The zero-order chi connectivity index (χ0) is 21.8. The molecule has 0 aliphatic carbocycles. The van der Waals surface area contributed by atoms with Crippen molar-refractivity contribution in [1.29, 1.82) is 0 Å². The highest BCUT2D eigenvalue weighted by molar-refractivity contribution is 5.95. The average molecular weight is 417 g/mol. The Bertz CT molecular complexity index is 914. The van der Waals surface area contributed by atoms with E-state index >= 15 is 0 Å². The van der Waals surface area contributed by atoms with Crippen LogP contribution in [0.3, 0.4) is 0 Å². The van der Waals surface area contributed by atoms with Crippen LogP contribution in [0.4, 0.5) is 0 Å². The molecular weight excluding hydrogens is 384 g/mol. The summed E-state index contributed by atoms with van der Waals surface area (Å²) < 4.78 is 8.58. The van der Waals surface area contributed by atoms with Crippen molar-refractivity contribution in [1.82, 2.24) is 29.8 Å². The van der Waals surface area contributed by atoms with Gasteiger partial charge in [0.2, 0.25) is 0 Å². The van der Waals surface area contributed by atoms with E-state index in [9.17, 15) is 9.59 Å². The van der Waals surface area contributed by atoms with Crippen LogP contribution in [0, 0.1) is 12.8 Å². The first-order valence-corrected chi connectivity index (χ1v) is 10.5. The van der Waals surface area contributed by atoms with E-state index in [-0.39, 0.29) is 11.8 Å². The summed E-state index contributed by atoms with van der Waals surface area (Å²) in [5, 5.41) is 11.8. The van der Waals surface area contributed by atoms with Gasteiger partial charge >= 0.3 is 0 Å². The van der Waals surface area contributed by atoms with Crippen LogP contribution in [0.25, 0.3) is 0 Å². The lowest BCUT2D eigenvalue weighted by molar-refractivity contribution is 0.0719. The van der Waals surface area contributed by atoms with E-state index < -0.39 is 0 Å². The van der Waals surface area contributed by atoms with E-state index in [2.05, 4.69) is 29.4 Å². The highest BCUT2D eigenvalue weighted by Crippen LogP contribution is 2.25. The molecule has 9 nitrogen and oxygen atoms in total. The third-order valence-electron chi connectivity index (χ3n) is 5.37. The summed E-state index contributed by atoms with van der Waals surface area (Å²) >= 11 is 0. The molecule has 2 aromatic rings. The van der Waals surface area contributed by atoms with Crippen LogP contribution in [0.2, 0.25) is 0 Å². The van der Waals surface area contributed by atoms with Crippen molar-refractivity contribution >= 4 is 11.8 Å². The fourth-order valence-electron chi connectivity index (χ4n) is 3.74. The Morgan fingerprint density at radius 3 is 2.70 bits per heavy atom. The maximum absolute atomic E-state index is 13.1. The summed E-state index contributed by atoms with van der Waals surface area (Å²) in [5.41, 5.74) is 3.65. The average Bonchev–Trinajstić information content (AvgIpc) is 3.24. The van der Waals surface area contributed by atoms with E-state index in [0.717, 1.165) is 29.9 Å². The monoisotopic (exact) mass is 416 g/mol. The van der Waals surface area contributed by atoms with Crippen molar-refractivity contribution in [2.75, 3.05) is 26.8 Å². The number of hydrogen-bond acceptors (Lipinski definition) is 5. The van der Waals surface area contributed by atoms with E-state index in [1.54, 1.807) is 29.8 Å². The number of aryl methyl sites for hydroxylation is 3. The van der Waals surface area contributed by atoms with Gasteiger partial charge in [-0.25, -0.2) is 0 Å². The highest BCUT2D eigenvalue weighted by atomic mass is 16.5. The van der Waals surface area contributed by atoms with Crippen molar-refractivity contribution in [3.8, 4) is 0 Å². The second kappa shape index (κ2) is 9.42. The third-order valence-corrected chi connectivity index (χ3v) is 5.37. The van der Waals surface area contributed by atoms with Crippen LogP contribution < -0.4 is 5.32 Å². The summed E-state index contributed by atoms with van der Waals surface area (Å²) in [4.78, 5) is 27.6. The van der Waals surface area contributed by atoms with Gasteiger partial charge in [-0.1, -0.05) is 13.8 Å². The van der Waals surface area contributed by atoms with Crippen molar-refractivity contribution in [3.63, 3.8) is 0 Å². The van der Waals surface area contributed by atoms with Gasteiger partial charge in [-0.05, 0) is 25.3 Å². The molecule has 0 spiro atoms. The van der Waals surface area contributed by atoms with Gasteiger partial charge in [-0.15, -0.1) is 0 Å². The van der Waals surface area contributed by atoms with E-state index in [0.29, 0.717) is 50.0 Å². The first-order valence-electron chi connectivity index (χ1n) is 10.5. The molecule has 0 saturated heterocycles. The Kier molecular flexibility index (Phi) is 6.91. The molecular formula is C21H32N6O3. The highest BCUT2D eigenvalue weighted by Gasteiger charge is 2.31. The lowest BCUT2D eigenvalue weighted by Crippen LogP contribution is -2.38. The molecule has 164 valence electrons. The summed E-state index contributed by atoms with van der Waals surface area (Å²) in [5.74, 6) is 0.236. The van der Waals surface area contributed by atoms with Crippen molar-refractivity contribution in [3.05, 3.63) is 34.4 Å². The number of carbonyl (C=O) groups is 2. The molecule has 0 radical (unpaired) electrons. The molecule has 0 atom stereocenters. The fourth-order valence-corrected chi connectivity index (χ4v) is 3.74. The smallest absolute Gasteiger partial charge is 0.272 e. The number of methoxy groups -OCH3 is 1. The number of rotatable bonds is 8. The molecule has 3 heterocycles. The molecule has 1 aliphatic rings. The van der Waals surface area contributed by atoms with Crippen molar-refractivity contribution in [2.45, 2.75) is 46.7 Å². The normalized spacial score (nSPS) is 13.6. The Morgan fingerprint density at radius 1 is 1.30 bits per heavy atom. The van der Waals surface area contributed by atoms with Crippen molar-refractivity contribution in [2.24, 2.45) is 13.0 Å². The molecule has 1 N–H and O–H groups in total.